The van der Waals surface area contributed by atoms with Gasteiger partial charge >= 0.3 is 0 Å². The van der Waals surface area contributed by atoms with Crippen LogP contribution in [-0.2, 0) is 4.79 Å². The van der Waals surface area contributed by atoms with E-state index in [0.29, 0.717) is 0 Å². The van der Waals surface area contributed by atoms with Crippen LogP contribution in [0.5, 0.6) is 0 Å². The van der Waals surface area contributed by atoms with Crippen molar-refractivity contribution in [2.24, 2.45) is 5.10 Å². The average molecular weight is 126 g/mol. The smallest absolute Gasteiger partial charge is 0.263 e. The molecule has 0 atom stereocenters. The van der Waals surface area contributed by atoms with E-state index in [0.717, 1.165) is 5.71 Å². The monoisotopic (exact) mass is 126 g/mol. The number of hydrogen-bond donors (Lipinski definition) is 1. The van der Waals surface area contributed by atoms with E-state index >= 15 is 0 Å². The quantitative estimate of drug-likeness (QED) is 0.330. The Morgan fingerprint density at radius 2 is 2.22 bits per heavy atom. The molecule has 50 valence electrons. The van der Waals surface area contributed by atoms with E-state index in [1.165, 1.54) is 6.08 Å². The van der Waals surface area contributed by atoms with Gasteiger partial charge in [0.25, 0.3) is 5.91 Å². The Hall–Kier alpha value is -1.12. The van der Waals surface area contributed by atoms with Gasteiger partial charge in [-0.15, -0.1) is 0 Å². The van der Waals surface area contributed by atoms with E-state index in [2.05, 4.69) is 17.1 Å². The number of carbonyl (C=O) groups excluding carboxylic acids is 1. The van der Waals surface area contributed by atoms with Gasteiger partial charge in [0, 0.05) is 5.71 Å². The zero-order chi connectivity index (χ0) is 7.28. The van der Waals surface area contributed by atoms with Crippen LogP contribution >= 0.6 is 0 Å². The molecule has 0 heterocycles. The van der Waals surface area contributed by atoms with Crippen molar-refractivity contribution in [2.75, 3.05) is 0 Å². The van der Waals surface area contributed by atoms with Crippen LogP contribution in [0.25, 0.3) is 0 Å². The zero-order valence-corrected chi connectivity index (χ0v) is 5.64. The first-order valence-corrected chi connectivity index (χ1v) is 2.60. The molecule has 9 heavy (non-hydrogen) atoms. The summed E-state index contributed by atoms with van der Waals surface area (Å²) >= 11 is 0. The first kappa shape index (κ1) is 7.88. The Kier molecular flexibility index (Phi) is 3.35. The number of nitrogens with one attached hydrogen (secondary N) is 1. The van der Waals surface area contributed by atoms with Crippen LogP contribution in [0.1, 0.15) is 13.8 Å². The molecule has 3 nitrogen and oxygen atoms in total. The summed E-state index contributed by atoms with van der Waals surface area (Å²) < 4.78 is 0. The molecule has 0 fully saturated rings. The van der Waals surface area contributed by atoms with Gasteiger partial charge in [-0.25, -0.2) is 5.43 Å². The SMILES string of the molecule is C=CC(=O)NN=C(C)C. The van der Waals surface area contributed by atoms with Crippen molar-refractivity contribution in [1.82, 2.24) is 5.43 Å². The second-order valence-electron chi connectivity index (χ2n) is 1.74. The molecule has 3 heteroatoms. The minimum atomic E-state index is -0.281. The number of amides is 1. The second-order valence-corrected chi connectivity index (χ2v) is 1.74. The second kappa shape index (κ2) is 3.83. The van der Waals surface area contributed by atoms with Crippen molar-refractivity contribution in [3.05, 3.63) is 12.7 Å². The third-order valence-electron chi connectivity index (χ3n) is 0.575. The van der Waals surface area contributed by atoms with Crippen molar-refractivity contribution < 1.29 is 4.79 Å². The normalized spacial score (nSPS) is 7.78. The van der Waals surface area contributed by atoms with Gasteiger partial charge in [0.2, 0.25) is 0 Å². The maximum atomic E-state index is 10.4. The van der Waals surface area contributed by atoms with Crippen molar-refractivity contribution in [1.29, 1.82) is 0 Å². The summed E-state index contributed by atoms with van der Waals surface area (Å²) in [4.78, 5) is 10.4. The fourth-order valence-corrected chi connectivity index (χ4v) is 0.213. The summed E-state index contributed by atoms with van der Waals surface area (Å²) in [7, 11) is 0. The zero-order valence-electron chi connectivity index (χ0n) is 5.64. The molecular formula is C6H10N2O. The molecule has 0 saturated heterocycles. The van der Waals surface area contributed by atoms with Crippen LogP contribution in [0.4, 0.5) is 0 Å². The Balaban J connectivity index is 3.63. The molecule has 0 aliphatic heterocycles. The van der Waals surface area contributed by atoms with Crippen LogP contribution in [0, 0.1) is 0 Å². The molecule has 0 aromatic carbocycles. The third-order valence-corrected chi connectivity index (χ3v) is 0.575. The molecule has 0 aromatic rings. The van der Waals surface area contributed by atoms with E-state index < -0.39 is 0 Å². The van der Waals surface area contributed by atoms with Gasteiger partial charge in [-0.3, -0.25) is 4.79 Å². The number of nitrogens with zero attached hydrogens (tertiary/aromatic N) is 1. The molecule has 0 aliphatic rings. The Morgan fingerprint density at radius 1 is 1.67 bits per heavy atom. The summed E-state index contributed by atoms with van der Waals surface area (Å²) in [6.45, 7) is 6.85. The first-order valence-electron chi connectivity index (χ1n) is 2.60. The first-order chi connectivity index (χ1) is 4.16. The lowest BCUT2D eigenvalue weighted by Gasteiger charge is -1.91. The van der Waals surface area contributed by atoms with E-state index in [-0.39, 0.29) is 5.91 Å². The van der Waals surface area contributed by atoms with Crippen molar-refractivity contribution in [2.45, 2.75) is 13.8 Å². The highest BCUT2D eigenvalue weighted by Crippen LogP contribution is 1.70. The molecular weight excluding hydrogens is 116 g/mol. The largest absolute Gasteiger partial charge is 0.268 e. The van der Waals surface area contributed by atoms with E-state index in [9.17, 15) is 4.79 Å². The van der Waals surface area contributed by atoms with Crippen LogP contribution in [0.15, 0.2) is 17.8 Å². The maximum absolute atomic E-state index is 10.4. The molecule has 0 aromatic heterocycles. The number of carbonyl (C=O) groups is 1. The highest BCUT2D eigenvalue weighted by molar-refractivity contribution is 5.88. The maximum Gasteiger partial charge on any atom is 0.263 e. The standard InChI is InChI=1S/C6H10N2O/c1-4-6(9)8-7-5(2)3/h4H,1H2,2-3H3,(H,8,9). The van der Waals surface area contributed by atoms with Crippen LogP contribution in [0.2, 0.25) is 0 Å². The van der Waals surface area contributed by atoms with E-state index in [1.807, 2.05) is 0 Å². The topological polar surface area (TPSA) is 41.5 Å². The minimum absolute atomic E-state index is 0.281. The predicted octanol–water partition coefficient (Wildman–Crippen LogP) is 0.684. The Morgan fingerprint density at radius 3 is 2.56 bits per heavy atom. The van der Waals surface area contributed by atoms with Gasteiger partial charge in [-0.1, -0.05) is 6.58 Å². The van der Waals surface area contributed by atoms with Crippen LogP contribution in [-0.4, -0.2) is 11.6 Å². The summed E-state index contributed by atoms with van der Waals surface area (Å²) in [5.74, 6) is -0.281. The fraction of sp³-hybridized carbons (Fsp3) is 0.333. The van der Waals surface area contributed by atoms with Gasteiger partial charge in [-0.05, 0) is 19.9 Å². The lowest BCUT2D eigenvalue weighted by atomic mass is 10.5. The van der Waals surface area contributed by atoms with Crippen molar-refractivity contribution >= 4 is 11.6 Å². The van der Waals surface area contributed by atoms with Gasteiger partial charge in [0.1, 0.15) is 0 Å². The molecule has 0 spiro atoms. The predicted molar refractivity (Wildman–Crippen MR) is 37.1 cm³/mol. The molecule has 0 aliphatic carbocycles. The lowest BCUT2D eigenvalue weighted by molar-refractivity contribution is -0.116. The van der Waals surface area contributed by atoms with Gasteiger partial charge < -0.3 is 0 Å². The minimum Gasteiger partial charge on any atom is -0.268 e. The molecule has 0 saturated carbocycles. The van der Waals surface area contributed by atoms with Crippen LogP contribution < -0.4 is 5.43 Å². The lowest BCUT2D eigenvalue weighted by Crippen LogP contribution is -2.14. The third kappa shape index (κ3) is 4.74. The molecule has 1 amide bonds. The summed E-state index contributed by atoms with van der Waals surface area (Å²) in [6.07, 6.45) is 1.17. The highest BCUT2D eigenvalue weighted by atomic mass is 16.2. The molecule has 0 rings (SSSR count). The Labute approximate surface area is 54.5 Å². The van der Waals surface area contributed by atoms with Crippen molar-refractivity contribution in [3.63, 3.8) is 0 Å². The van der Waals surface area contributed by atoms with Gasteiger partial charge in [0.05, 0.1) is 0 Å². The highest BCUT2D eigenvalue weighted by Gasteiger charge is 1.86. The number of hydrogen-bond acceptors (Lipinski definition) is 2. The van der Waals surface area contributed by atoms with E-state index in [4.69, 9.17) is 0 Å². The molecule has 0 radical (unpaired) electrons. The summed E-state index contributed by atoms with van der Waals surface area (Å²) in [5, 5.41) is 3.64. The van der Waals surface area contributed by atoms with Gasteiger partial charge in [-0.2, -0.15) is 5.10 Å². The van der Waals surface area contributed by atoms with Crippen LogP contribution in [0.3, 0.4) is 0 Å². The number of rotatable bonds is 2. The van der Waals surface area contributed by atoms with Crippen molar-refractivity contribution in [3.8, 4) is 0 Å². The summed E-state index contributed by atoms with van der Waals surface area (Å²) in [5.41, 5.74) is 3.07. The average Bonchev–Trinajstić information content (AvgIpc) is 1.83. The van der Waals surface area contributed by atoms with E-state index in [1.54, 1.807) is 13.8 Å². The molecule has 0 unspecified atom stereocenters. The molecule has 1 N–H and O–H groups in total. The fourth-order valence-electron chi connectivity index (χ4n) is 0.213. The molecule has 0 bridgehead atoms. The number of hydrazone groups is 1. The van der Waals surface area contributed by atoms with Gasteiger partial charge in [0.15, 0.2) is 0 Å². The summed E-state index contributed by atoms with van der Waals surface area (Å²) in [6, 6.07) is 0. The Bertz CT molecular complexity index is 145.